The van der Waals surface area contributed by atoms with Crippen molar-refractivity contribution in [3.8, 4) is 0 Å². The maximum Gasteiger partial charge on any atom is 0.309 e. The van der Waals surface area contributed by atoms with Crippen LogP contribution in [0.5, 0.6) is 0 Å². The molecule has 2 heterocycles. The normalized spacial score (nSPS) is 25.5. The third-order valence-electron chi connectivity index (χ3n) is 9.96. The maximum atomic E-state index is 13.9. The summed E-state index contributed by atoms with van der Waals surface area (Å²) in [5.41, 5.74) is 3.37. The van der Waals surface area contributed by atoms with Crippen LogP contribution in [0, 0.1) is 17.8 Å². The van der Waals surface area contributed by atoms with Crippen molar-refractivity contribution < 1.29 is 24.2 Å². The molecule has 2 aliphatic heterocycles. The molecule has 2 amide bonds. The molecule has 45 heavy (non-hydrogen) atoms. The first kappa shape index (κ1) is 32.9. The third-order valence-corrected chi connectivity index (χ3v) is 9.96. The lowest BCUT2D eigenvalue weighted by atomic mass is 9.84. The molecule has 2 aromatic carbocycles. The zero-order valence-electron chi connectivity index (χ0n) is 26.6. The molecule has 1 aliphatic carbocycles. The summed E-state index contributed by atoms with van der Waals surface area (Å²) >= 11 is 0. The molecule has 242 valence electrons. The number of carbonyl (C=O) groups excluding carboxylic acids is 3. The Bertz CT molecular complexity index is 1290. The first-order valence-electron chi connectivity index (χ1n) is 17.1. The third kappa shape index (κ3) is 9.52. The molecular weight excluding hydrogens is 564 g/mol. The second-order valence-corrected chi connectivity index (χ2v) is 13.3. The van der Waals surface area contributed by atoms with Gasteiger partial charge in [-0.05, 0) is 67.6 Å². The largest absolute Gasteiger partial charge is 0.463 e. The summed E-state index contributed by atoms with van der Waals surface area (Å²) in [4.78, 5) is 42.8. The molecule has 3 aliphatic rings. The summed E-state index contributed by atoms with van der Waals surface area (Å²) in [7, 11) is 0. The average Bonchev–Trinajstić information content (AvgIpc) is 3.07. The van der Waals surface area contributed by atoms with E-state index in [1.165, 1.54) is 19.3 Å². The minimum atomic E-state index is -0.538. The van der Waals surface area contributed by atoms with Crippen molar-refractivity contribution in [2.45, 2.75) is 102 Å². The smallest absolute Gasteiger partial charge is 0.309 e. The lowest BCUT2D eigenvalue weighted by Crippen LogP contribution is -2.48. The molecule has 0 spiro atoms. The maximum absolute atomic E-state index is 13.9. The number of nitrogens with zero attached hydrogens (tertiary/aromatic N) is 1. The number of ether oxygens (including phenoxy) is 1. The first-order valence-corrected chi connectivity index (χ1v) is 17.1. The van der Waals surface area contributed by atoms with Gasteiger partial charge < -0.3 is 20.1 Å². The molecule has 2 N–H and O–H groups in total. The van der Waals surface area contributed by atoms with Crippen molar-refractivity contribution in [1.29, 1.82) is 0 Å². The van der Waals surface area contributed by atoms with E-state index in [2.05, 4.69) is 29.6 Å². The van der Waals surface area contributed by atoms with Crippen LogP contribution < -0.4 is 5.32 Å². The van der Waals surface area contributed by atoms with Crippen molar-refractivity contribution in [2.75, 3.05) is 13.2 Å². The molecule has 7 heteroatoms. The zero-order valence-corrected chi connectivity index (χ0v) is 26.6. The summed E-state index contributed by atoms with van der Waals surface area (Å²) < 4.78 is 5.97. The van der Waals surface area contributed by atoms with Crippen molar-refractivity contribution in [2.24, 2.45) is 17.8 Å². The lowest BCUT2D eigenvalue weighted by Gasteiger charge is -2.37. The molecule has 1 fully saturated rings. The van der Waals surface area contributed by atoms with Crippen molar-refractivity contribution in [3.63, 3.8) is 0 Å². The second-order valence-electron chi connectivity index (χ2n) is 13.3. The Balaban J connectivity index is 1.31. The van der Waals surface area contributed by atoms with Crippen LogP contribution in [0.1, 0.15) is 87.3 Å². The van der Waals surface area contributed by atoms with Crippen LogP contribution in [0.15, 0.2) is 66.7 Å². The number of hydrogen-bond acceptors (Lipinski definition) is 5. The number of aliphatic hydroxyl groups is 1. The number of benzene rings is 2. The molecular formula is C38H50N2O5. The van der Waals surface area contributed by atoms with Crippen LogP contribution in [-0.2, 0) is 38.5 Å². The Morgan fingerprint density at radius 3 is 2.42 bits per heavy atom. The minimum absolute atomic E-state index is 0.0733. The van der Waals surface area contributed by atoms with Gasteiger partial charge >= 0.3 is 5.97 Å². The Hall–Kier alpha value is -3.45. The number of amides is 2. The number of cyclic esters (lactones) is 1. The van der Waals surface area contributed by atoms with E-state index in [1.54, 1.807) is 4.90 Å². The van der Waals surface area contributed by atoms with Crippen LogP contribution in [-0.4, -0.2) is 53.1 Å². The van der Waals surface area contributed by atoms with E-state index in [9.17, 15) is 19.5 Å². The topological polar surface area (TPSA) is 95.9 Å². The van der Waals surface area contributed by atoms with Crippen LogP contribution in [0.2, 0.25) is 0 Å². The molecule has 0 saturated heterocycles. The number of carbonyl (C=O) groups is 3. The summed E-state index contributed by atoms with van der Waals surface area (Å²) in [6.07, 6.45) is 14.9. The van der Waals surface area contributed by atoms with Crippen LogP contribution in [0.25, 0.3) is 0 Å². The highest BCUT2D eigenvalue weighted by Crippen LogP contribution is 2.29. The van der Waals surface area contributed by atoms with Gasteiger partial charge in [0.1, 0.15) is 6.61 Å². The van der Waals surface area contributed by atoms with E-state index in [-0.39, 0.29) is 55.4 Å². The summed E-state index contributed by atoms with van der Waals surface area (Å²) in [6.45, 7) is 0.476. The Morgan fingerprint density at radius 2 is 1.64 bits per heavy atom. The predicted octanol–water partition coefficient (Wildman–Crippen LogP) is 5.93. The van der Waals surface area contributed by atoms with E-state index >= 15 is 0 Å². The van der Waals surface area contributed by atoms with Crippen molar-refractivity contribution in [1.82, 2.24) is 10.2 Å². The number of nitrogens with one attached hydrogen (secondary N) is 1. The SMILES string of the molecule is O=C1NC(CC2CCCCC2)COC(=O)C(Cc2ccccc2)CCCC=CCC1CC(=O)N1Cc2ccccc2CC1CO. The number of esters is 1. The zero-order chi connectivity index (χ0) is 31.4. The molecule has 5 rings (SSSR count). The summed E-state index contributed by atoms with van der Waals surface area (Å²) in [5.74, 6) is -0.758. The van der Waals surface area contributed by atoms with Gasteiger partial charge in [0, 0.05) is 13.0 Å². The van der Waals surface area contributed by atoms with Crippen LogP contribution in [0.4, 0.5) is 0 Å². The molecule has 1 saturated carbocycles. The predicted molar refractivity (Wildman–Crippen MR) is 175 cm³/mol. The summed E-state index contributed by atoms with van der Waals surface area (Å²) in [6, 6.07) is 17.5. The van der Waals surface area contributed by atoms with Gasteiger partial charge in [0.2, 0.25) is 11.8 Å². The van der Waals surface area contributed by atoms with E-state index in [0.717, 1.165) is 55.2 Å². The number of rotatable bonds is 7. The number of fused-ring (bicyclic) bond motifs is 1. The highest BCUT2D eigenvalue weighted by molar-refractivity contribution is 5.86. The molecule has 0 bridgehead atoms. The molecule has 2 aromatic rings. The fourth-order valence-corrected chi connectivity index (χ4v) is 7.33. The quantitative estimate of drug-likeness (QED) is 0.298. The Kier molecular flexibility index (Phi) is 12.3. The van der Waals surface area contributed by atoms with Crippen LogP contribution >= 0.6 is 0 Å². The van der Waals surface area contributed by atoms with E-state index < -0.39 is 5.92 Å². The van der Waals surface area contributed by atoms with Crippen LogP contribution in [0.3, 0.4) is 0 Å². The van der Waals surface area contributed by atoms with Gasteiger partial charge in [-0.1, -0.05) is 98.9 Å². The van der Waals surface area contributed by atoms with Gasteiger partial charge in [-0.2, -0.15) is 0 Å². The second kappa shape index (κ2) is 16.7. The fourth-order valence-electron chi connectivity index (χ4n) is 7.33. The Labute approximate surface area is 268 Å². The van der Waals surface area contributed by atoms with E-state index in [0.29, 0.717) is 31.7 Å². The number of hydrogen-bond donors (Lipinski definition) is 2. The first-order chi connectivity index (χ1) is 22.0. The van der Waals surface area contributed by atoms with Crippen molar-refractivity contribution >= 4 is 17.8 Å². The lowest BCUT2D eigenvalue weighted by molar-refractivity contribution is -0.150. The van der Waals surface area contributed by atoms with Gasteiger partial charge in [0.25, 0.3) is 0 Å². The standard InChI is InChI=1S/C38H50N2O5/c41-26-35-23-30-17-11-12-20-33(30)25-40(35)36(42)24-31-18-9-1-2-10-19-32(21-28-13-5-3-6-14-28)38(44)45-27-34(39-37(31)43)22-29-15-7-4-8-16-29/h1,3,5-6,9,11-14,17,20,29,31-32,34-35,41H,2,4,7-8,10,15-16,18-19,21-27H2,(H,39,43). The minimum Gasteiger partial charge on any atom is -0.463 e. The van der Waals surface area contributed by atoms with E-state index in [4.69, 9.17) is 4.74 Å². The molecule has 0 aromatic heterocycles. The van der Waals surface area contributed by atoms with Gasteiger partial charge in [-0.15, -0.1) is 0 Å². The molecule has 0 radical (unpaired) electrons. The van der Waals surface area contributed by atoms with Gasteiger partial charge in [-0.25, -0.2) is 0 Å². The fraction of sp³-hybridized carbons (Fsp3) is 0.553. The Morgan fingerprint density at radius 1 is 0.889 bits per heavy atom. The highest BCUT2D eigenvalue weighted by Gasteiger charge is 2.33. The molecule has 4 atom stereocenters. The number of allylic oxidation sites excluding steroid dienone is 2. The van der Waals surface area contributed by atoms with Crippen molar-refractivity contribution in [3.05, 3.63) is 83.4 Å². The monoisotopic (exact) mass is 614 g/mol. The van der Waals surface area contributed by atoms with Gasteiger partial charge in [-0.3, -0.25) is 14.4 Å². The molecule has 4 unspecified atom stereocenters. The highest BCUT2D eigenvalue weighted by atomic mass is 16.5. The van der Waals surface area contributed by atoms with Gasteiger partial charge in [0.05, 0.1) is 30.5 Å². The molecule has 7 nitrogen and oxygen atoms in total. The van der Waals surface area contributed by atoms with E-state index in [1.807, 2.05) is 42.5 Å². The number of aliphatic hydroxyl groups excluding tert-OH is 1. The summed E-state index contributed by atoms with van der Waals surface area (Å²) in [5, 5.41) is 13.4. The van der Waals surface area contributed by atoms with Gasteiger partial charge in [0.15, 0.2) is 0 Å². The average molecular weight is 615 g/mol.